The lowest BCUT2D eigenvalue weighted by atomic mass is 10.0. The molecule has 0 aliphatic heterocycles. The topological polar surface area (TPSA) is 70.7 Å². The van der Waals surface area contributed by atoms with Gasteiger partial charge >= 0.3 is 0 Å². The summed E-state index contributed by atoms with van der Waals surface area (Å²) in [6, 6.07) is 3.22. The molecule has 5 nitrogen and oxygen atoms in total. The number of hydrogen-bond donors (Lipinski definition) is 2. The molecule has 0 bridgehead atoms. The summed E-state index contributed by atoms with van der Waals surface area (Å²) in [7, 11) is 0. The first-order valence-electron chi connectivity index (χ1n) is 5.74. The molecule has 0 spiro atoms. The lowest BCUT2D eigenvalue weighted by molar-refractivity contribution is 0.0920. The van der Waals surface area contributed by atoms with Gasteiger partial charge in [-0.25, -0.2) is 13.8 Å². The Balaban J connectivity index is 1.88. The maximum atomic E-state index is 13.7. The first kappa shape index (κ1) is 11.8. The average Bonchev–Trinajstić information content (AvgIpc) is 2.95. The van der Waals surface area contributed by atoms with Crippen LogP contribution in [-0.2, 0) is 5.54 Å². The standard InChI is InChI=1S/C12H10F2N4O/c13-7-1-2-9(14)8(5-7)12(3-4-12)17-11(19)10-15-6-16-18-10/h1-2,5-6H,3-4H2,(H,17,19)(H,15,16,18). The van der Waals surface area contributed by atoms with E-state index in [4.69, 9.17) is 0 Å². The molecule has 1 amide bonds. The van der Waals surface area contributed by atoms with Gasteiger partial charge in [-0.1, -0.05) is 0 Å². The zero-order valence-electron chi connectivity index (χ0n) is 9.78. The van der Waals surface area contributed by atoms with Crippen LogP contribution >= 0.6 is 0 Å². The largest absolute Gasteiger partial charge is 0.340 e. The molecular weight excluding hydrogens is 254 g/mol. The number of H-pyrrole nitrogens is 1. The number of halogens is 2. The van der Waals surface area contributed by atoms with E-state index in [1.54, 1.807) is 0 Å². The zero-order valence-corrected chi connectivity index (χ0v) is 9.78. The van der Waals surface area contributed by atoms with Crippen LogP contribution in [0.5, 0.6) is 0 Å². The SMILES string of the molecule is O=C(NC1(c2cc(F)ccc2F)CC1)c1ncn[nH]1. The molecule has 19 heavy (non-hydrogen) atoms. The molecule has 1 heterocycles. The molecule has 0 radical (unpaired) electrons. The van der Waals surface area contributed by atoms with Gasteiger partial charge in [-0.15, -0.1) is 0 Å². The third-order valence-electron chi connectivity index (χ3n) is 3.18. The Hall–Kier alpha value is -2.31. The second kappa shape index (κ2) is 4.11. The quantitative estimate of drug-likeness (QED) is 0.882. The number of nitrogens with one attached hydrogen (secondary N) is 2. The number of rotatable bonds is 3. The number of nitrogens with zero attached hydrogens (tertiary/aromatic N) is 2. The van der Waals surface area contributed by atoms with Crippen molar-refractivity contribution in [2.75, 3.05) is 0 Å². The number of hydrogen-bond acceptors (Lipinski definition) is 3. The molecule has 7 heteroatoms. The summed E-state index contributed by atoms with van der Waals surface area (Å²) in [6.45, 7) is 0. The van der Waals surface area contributed by atoms with Crippen LogP contribution in [-0.4, -0.2) is 21.1 Å². The van der Waals surface area contributed by atoms with Crippen molar-refractivity contribution in [1.29, 1.82) is 0 Å². The average molecular weight is 264 g/mol. The Bertz CT molecular complexity index is 623. The zero-order chi connectivity index (χ0) is 13.5. The van der Waals surface area contributed by atoms with Crippen molar-refractivity contribution in [2.24, 2.45) is 0 Å². The normalized spacial score (nSPS) is 16.1. The van der Waals surface area contributed by atoms with Crippen LogP contribution in [0.1, 0.15) is 29.0 Å². The Labute approximate surface area is 107 Å². The van der Waals surface area contributed by atoms with Crippen LogP contribution in [0.4, 0.5) is 8.78 Å². The maximum Gasteiger partial charge on any atom is 0.289 e. The van der Waals surface area contributed by atoms with Crippen LogP contribution in [0.3, 0.4) is 0 Å². The van der Waals surface area contributed by atoms with E-state index >= 15 is 0 Å². The van der Waals surface area contributed by atoms with Crippen LogP contribution in [0.25, 0.3) is 0 Å². The molecule has 2 aromatic rings. The fourth-order valence-electron chi connectivity index (χ4n) is 2.04. The van der Waals surface area contributed by atoms with Crippen LogP contribution in [0.15, 0.2) is 24.5 Å². The molecule has 0 saturated heterocycles. The van der Waals surface area contributed by atoms with Gasteiger partial charge in [0.1, 0.15) is 18.0 Å². The van der Waals surface area contributed by atoms with E-state index in [2.05, 4.69) is 20.5 Å². The van der Waals surface area contributed by atoms with Crippen molar-refractivity contribution in [3.05, 3.63) is 47.5 Å². The number of amides is 1. The number of carbonyl (C=O) groups is 1. The lowest BCUT2D eigenvalue weighted by Gasteiger charge is -2.17. The summed E-state index contributed by atoms with van der Waals surface area (Å²) in [6.07, 6.45) is 2.33. The van der Waals surface area contributed by atoms with E-state index < -0.39 is 23.1 Å². The van der Waals surface area contributed by atoms with Gasteiger partial charge in [0.2, 0.25) is 5.82 Å². The summed E-state index contributed by atoms with van der Waals surface area (Å²) in [5.41, 5.74) is -0.670. The molecular formula is C12H10F2N4O. The van der Waals surface area contributed by atoms with Crippen molar-refractivity contribution >= 4 is 5.91 Å². The predicted molar refractivity (Wildman–Crippen MR) is 61.1 cm³/mol. The molecule has 1 aliphatic carbocycles. The summed E-state index contributed by atoms with van der Waals surface area (Å²) in [4.78, 5) is 15.6. The molecule has 1 aromatic carbocycles. The highest BCUT2D eigenvalue weighted by Gasteiger charge is 2.48. The van der Waals surface area contributed by atoms with E-state index in [-0.39, 0.29) is 11.4 Å². The summed E-state index contributed by atoms with van der Waals surface area (Å²) in [5.74, 6) is -1.50. The first-order valence-corrected chi connectivity index (χ1v) is 5.74. The molecule has 98 valence electrons. The van der Waals surface area contributed by atoms with Crippen molar-refractivity contribution in [1.82, 2.24) is 20.5 Å². The number of aromatic nitrogens is 3. The molecule has 1 aromatic heterocycles. The summed E-state index contributed by atoms with van der Waals surface area (Å²) in [5, 5.41) is 8.67. The molecule has 2 N–H and O–H groups in total. The Morgan fingerprint density at radius 1 is 1.37 bits per heavy atom. The predicted octanol–water partition coefficient (Wildman–Crippen LogP) is 1.50. The van der Waals surface area contributed by atoms with Gasteiger partial charge in [-0.05, 0) is 31.0 Å². The number of carbonyl (C=O) groups excluding carboxylic acids is 1. The Morgan fingerprint density at radius 2 is 2.16 bits per heavy atom. The molecule has 0 unspecified atom stereocenters. The van der Waals surface area contributed by atoms with Crippen LogP contribution in [0, 0.1) is 11.6 Å². The highest BCUT2D eigenvalue weighted by atomic mass is 19.1. The number of aromatic amines is 1. The van der Waals surface area contributed by atoms with Gasteiger partial charge in [-0.2, -0.15) is 5.10 Å². The van der Waals surface area contributed by atoms with Crippen molar-refractivity contribution in [3.8, 4) is 0 Å². The minimum Gasteiger partial charge on any atom is -0.340 e. The minimum absolute atomic E-state index is 0.0445. The van der Waals surface area contributed by atoms with Gasteiger partial charge < -0.3 is 5.32 Å². The van der Waals surface area contributed by atoms with Crippen molar-refractivity contribution in [3.63, 3.8) is 0 Å². The Kier molecular flexibility index (Phi) is 2.55. The van der Waals surface area contributed by atoms with Gasteiger partial charge in [0.15, 0.2) is 0 Å². The monoisotopic (exact) mass is 264 g/mol. The molecule has 1 fully saturated rings. The van der Waals surface area contributed by atoms with Crippen molar-refractivity contribution < 1.29 is 13.6 Å². The van der Waals surface area contributed by atoms with Crippen molar-refractivity contribution in [2.45, 2.75) is 18.4 Å². The van der Waals surface area contributed by atoms with E-state index in [1.807, 2.05) is 0 Å². The molecule has 0 atom stereocenters. The molecule has 1 saturated carbocycles. The highest BCUT2D eigenvalue weighted by molar-refractivity contribution is 5.91. The summed E-state index contributed by atoms with van der Waals surface area (Å²) >= 11 is 0. The third kappa shape index (κ3) is 2.07. The molecule has 3 rings (SSSR count). The van der Waals surface area contributed by atoms with Gasteiger partial charge in [-0.3, -0.25) is 9.89 Å². The summed E-state index contributed by atoms with van der Waals surface area (Å²) < 4.78 is 27.0. The fraction of sp³-hybridized carbons (Fsp3) is 0.250. The van der Waals surface area contributed by atoms with E-state index in [0.29, 0.717) is 12.8 Å². The number of benzene rings is 1. The maximum absolute atomic E-state index is 13.7. The van der Waals surface area contributed by atoms with Crippen LogP contribution in [0.2, 0.25) is 0 Å². The van der Waals surface area contributed by atoms with Gasteiger partial charge in [0, 0.05) is 5.56 Å². The second-order valence-electron chi connectivity index (χ2n) is 4.49. The highest BCUT2D eigenvalue weighted by Crippen LogP contribution is 2.46. The third-order valence-corrected chi connectivity index (χ3v) is 3.18. The van der Waals surface area contributed by atoms with Crippen LogP contribution < -0.4 is 5.32 Å². The smallest absolute Gasteiger partial charge is 0.289 e. The lowest BCUT2D eigenvalue weighted by Crippen LogP contribution is -2.36. The van der Waals surface area contributed by atoms with E-state index in [1.165, 1.54) is 6.33 Å². The van der Waals surface area contributed by atoms with E-state index in [9.17, 15) is 13.6 Å². The van der Waals surface area contributed by atoms with Gasteiger partial charge in [0.05, 0.1) is 5.54 Å². The molecule has 1 aliphatic rings. The second-order valence-corrected chi connectivity index (χ2v) is 4.49. The Morgan fingerprint density at radius 3 is 2.79 bits per heavy atom. The van der Waals surface area contributed by atoms with Gasteiger partial charge in [0.25, 0.3) is 5.91 Å². The van der Waals surface area contributed by atoms with E-state index in [0.717, 1.165) is 18.2 Å². The first-order chi connectivity index (χ1) is 9.11. The fourth-order valence-corrected chi connectivity index (χ4v) is 2.04. The minimum atomic E-state index is -0.837.